The average Bonchev–Trinajstić information content (AvgIpc) is 2.47. The fourth-order valence-corrected chi connectivity index (χ4v) is 1.80. The van der Waals surface area contributed by atoms with E-state index in [0.717, 1.165) is 6.42 Å². The van der Waals surface area contributed by atoms with E-state index >= 15 is 0 Å². The molecule has 2 rings (SSSR count). The first kappa shape index (κ1) is 14.7. The van der Waals surface area contributed by atoms with Crippen LogP contribution in [0.1, 0.15) is 19.2 Å². The Balaban J connectivity index is 2.35. The molecule has 0 aliphatic rings. The molecule has 0 amide bonds. The first-order valence-corrected chi connectivity index (χ1v) is 6.61. The van der Waals surface area contributed by atoms with E-state index in [1.54, 1.807) is 31.3 Å². The van der Waals surface area contributed by atoms with Gasteiger partial charge < -0.3 is 10.1 Å². The van der Waals surface area contributed by atoms with Crippen molar-refractivity contribution in [1.82, 2.24) is 9.97 Å². The van der Waals surface area contributed by atoms with Crippen LogP contribution in [0, 0.1) is 10.1 Å². The average molecular weight is 288 g/mol. The van der Waals surface area contributed by atoms with Gasteiger partial charge in [-0.25, -0.2) is 4.98 Å². The van der Waals surface area contributed by atoms with E-state index in [9.17, 15) is 10.1 Å². The summed E-state index contributed by atoms with van der Waals surface area (Å²) >= 11 is 0. The van der Waals surface area contributed by atoms with Gasteiger partial charge in [-0.3, -0.25) is 10.1 Å². The third-order valence-corrected chi connectivity index (χ3v) is 2.76. The van der Waals surface area contributed by atoms with Gasteiger partial charge in [0.2, 0.25) is 11.6 Å². The van der Waals surface area contributed by atoms with Gasteiger partial charge in [-0.1, -0.05) is 19.1 Å². The third kappa shape index (κ3) is 3.65. The van der Waals surface area contributed by atoms with Crippen LogP contribution in [0.5, 0.6) is 11.6 Å². The minimum absolute atomic E-state index is 0.0980. The molecular weight excluding hydrogens is 272 g/mol. The van der Waals surface area contributed by atoms with E-state index in [4.69, 9.17) is 4.74 Å². The Morgan fingerprint density at radius 3 is 2.76 bits per heavy atom. The number of ether oxygens (including phenoxy) is 1. The molecule has 1 heterocycles. The van der Waals surface area contributed by atoms with Crippen molar-refractivity contribution >= 4 is 11.5 Å². The molecule has 0 aliphatic heterocycles. The van der Waals surface area contributed by atoms with Gasteiger partial charge in [0.25, 0.3) is 0 Å². The van der Waals surface area contributed by atoms with Crippen LogP contribution in [0.15, 0.2) is 30.3 Å². The van der Waals surface area contributed by atoms with Crippen LogP contribution in [0.4, 0.5) is 11.5 Å². The number of aryl methyl sites for hydroxylation is 1. The Morgan fingerprint density at radius 1 is 1.33 bits per heavy atom. The summed E-state index contributed by atoms with van der Waals surface area (Å²) in [6, 6.07) is 7.80. The summed E-state index contributed by atoms with van der Waals surface area (Å²) in [4.78, 5) is 19.1. The summed E-state index contributed by atoms with van der Waals surface area (Å²) in [6.07, 6.45) is 1.61. The first-order valence-electron chi connectivity index (χ1n) is 6.61. The van der Waals surface area contributed by atoms with Crippen molar-refractivity contribution in [2.24, 2.45) is 0 Å². The fourth-order valence-electron chi connectivity index (χ4n) is 1.80. The number of rotatable bonds is 6. The first-order chi connectivity index (χ1) is 10.1. The lowest BCUT2D eigenvalue weighted by Crippen LogP contribution is -2.02. The number of hydrogen-bond donors (Lipinski definition) is 1. The van der Waals surface area contributed by atoms with Gasteiger partial charge in [0.05, 0.1) is 4.92 Å². The monoisotopic (exact) mass is 288 g/mol. The number of nitro groups is 1. The van der Waals surface area contributed by atoms with E-state index < -0.39 is 4.92 Å². The van der Waals surface area contributed by atoms with Crippen LogP contribution < -0.4 is 10.1 Å². The van der Waals surface area contributed by atoms with Crippen LogP contribution >= 0.6 is 0 Å². The molecule has 7 heteroatoms. The topological polar surface area (TPSA) is 90.2 Å². The molecule has 0 saturated carbocycles. The van der Waals surface area contributed by atoms with E-state index in [1.807, 2.05) is 6.92 Å². The van der Waals surface area contributed by atoms with Crippen molar-refractivity contribution in [3.05, 3.63) is 46.3 Å². The molecule has 0 saturated heterocycles. The predicted molar refractivity (Wildman–Crippen MR) is 78.7 cm³/mol. The number of nitrogens with zero attached hydrogens (tertiary/aromatic N) is 3. The van der Waals surface area contributed by atoms with E-state index in [2.05, 4.69) is 15.3 Å². The standard InChI is InChI=1S/C14H16N4O3/c1-3-6-12-16-13(15-2)9-14(17-12)21-11-8-5-4-7-10(11)18(19)20/h4-5,7-9H,3,6H2,1-2H3,(H,15,16,17). The molecule has 2 aromatic rings. The van der Waals surface area contributed by atoms with Crippen LogP contribution in [0.2, 0.25) is 0 Å². The SMILES string of the molecule is CCCc1nc(NC)cc(Oc2ccccc2[N+](=O)[O-])n1. The van der Waals surface area contributed by atoms with E-state index in [-0.39, 0.29) is 17.3 Å². The molecule has 0 aliphatic carbocycles. The second-order valence-electron chi connectivity index (χ2n) is 4.33. The molecule has 110 valence electrons. The highest BCUT2D eigenvalue weighted by atomic mass is 16.6. The van der Waals surface area contributed by atoms with E-state index in [1.165, 1.54) is 6.07 Å². The summed E-state index contributed by atoms with van der Waals surface area (Å²) in [5, 5.41) is 13.9. The van der Waals surface area contributed by atoms with Gasteiger partial charge in [0, 0.05) is 25.6 Å². The Bertz CT molecular complexity index is 646. The highest BCUT2D eigenvalue weighted by Gasteiger charge is 2.15. The van der Waals surface area contributed by atoms with Crippen LogP contribution in [-0.4, -0.2) is 21.9 Å². The molecule has 1 aromatic carbocycles. The molecule has 0 spiro atoms. The minimum Gasteiger partial charge on any atom is -0.432 e. The van der Waals surface area contributed by atoms with E-state index in [0.29, 0.717) is 18.1 Å². The highest BCUT2D eigenvalue weighted by Crippen LogP contribution is 2.30. The molecular formula is C14H16N4O3. The van der Waals surface area contributed by atoms with Gasteiger partial charge in [0.1, 0.15) is 11.6 Å². The summed E-state index contributed by atoms with van der Waals surface area (Å²) in [5.74, 6) is 1.69. The quantitative estimate of drug-likeness (QED) is 0.648. The molecule has 0 radical (unpaired) electrons. The van der Waals surface area contributed by atoms with Gasteiger partial charge in [-0.2, -0.15) is 4.98 Å². The van der Waals surface area contributed by atoms with Crippen LogP contribution in [-0.2, 0) is 6.42 Å². The molecule has 0 fully saturated rings. The lowest BCUT2D eigenvalue weighted by molar-refractivity contribution is -0.385. The molecule has 7 nitrogen and oxygen atoms in total. The van der Waals surface area contributed by atoms with Gasteiger partial charge in [-0.05, 0) is 12.5 Å². The number of nitro benzene ring substituents is 1. The van der Waals surface area contributed by atoms with Gasteiger partial charge in [-0.15, -0.1) is 0 Å². The zero-order valence-corrected chi connectivity index (χ0v) is 11.9. The number of anilines is 1. The Labute approximate surface area is 122 Å². The maximum absolute atomic E-state index is 11.0. The molecule has 1 aromatic heterocycles. The number of aromatic nitrogens is 2. The number of benzene rings is 1. The third-order valence-electron chi connectivity index (χ3n) is 2.76. The summed E-state index contributed by atoms with van der Waals surface area (Å²) in [5.41, 5.74) is -0.0980. The molecule has 21 heavy (non-hydrogen) atoms. The predicted octanol–water partition coefficient (Wildman–Crippen LogP) is 3.17. The van der Waals surface area contributed by atoms with Crippen molar-refractivity contribution in [3.63, 3.8) is 0 Å². The maximum atomic E-state index is 11.0. The van der Waals surface area contributed by atoms with Gasteiger partial charge in [0.15, 0.2) is 0 Å². The highest BCUT2D eigenvalue weighted by molar-refractivity contribution is 5.48. The molecule has 1 N–H and O–H groups in total. The Kier molecular flexibility index (Phi) is 4.65. The van der Waals surface area contributed by atoms with Crippen LogP contribution in [0.25, 0.3) is 0 Å². The van der Waals surface area contributed by atoms with Crippen molar-refractivity contribution in [3.8, 4) is 11.6 Å². The smallest absolute Gasteiger partial charge is 0.311 e. The number of nitrogens with one attached hydrogen (secondary N) is 1. The van der Waals surface area contributed by atoms with Crippen molar-refractivity contribution < 1.29 is 9.66 Å². The molecule has 0 unspecified atom stereocenters. The normalized spacial score (nSPS) is 10.2. The van der Waals surface area contributed by atoms with Gasteiger partial charge >= 0.3 is 5.69 Å². The molecule has 0 bridgehead atoms. The van der Waals surface area contributed by atoms with Crippen molar-refractivity contribution in [2.45, 2.75) is 19.8 Å². The van der Waals surface area contributed by atoms with Crippen LogP contribution in [0.3, 0.4) is 0 Å². The van der Waals surface area contributed by atoms with Crippen molar-refractivity contribution in [1.29, 1.82) is 0 Å². The van der Waals surface area contributed by atoms with Crippen molar-refractivity contribution in [2.75, 3.05) is 12.4 Å². The minimum atomic E-state index is -0.484. The summed E-state index contributed by atoms with van der Waals surface area (Å²) in [6.45, 7) is 2.03. The summed E-state index contributed by atoms with van der Waals surface area (Å²) < 4.78 is 5.57. The number of hydrogen-bond acceptors (Lipinski definition) is 6. The maximum Gasteiger partial charge on any atom is 0.311 e. The second-order valence-corrected chi connectivity index (χ2v) is 4.33. The largest absolute Gasteiger partial charge is 0.432 e. The Morgan fingerprint density at radius 2 is 2.10 bits per heavy atom. The lowest BCUT2D eigenvalue weighted by Gasteiger charge is -2.08. The second kappa shape index (κ2) is 6.65. The zero-order valence-electron chi connectivity index (χ0n) is 11.9. The zero-order chi connectivity index (χ0) is 15.2. The Hall–Kier alpha value is -2.70. The molecule has 0 atom stereocenters. The summed E-state index contributed by atoms with van der Waals surface area (Å²) in [7, 11) is 1.74. The lowest BCUT2D eigenvalue weighted by atomic mass is 10.3. The fraction of sp³-hybridized carbons (Fsp3) is 0.286. The number of para-hydroxylation sites is 2.